The summed E-state index contributed by atoms with van der Waals surface area (Å²) in [6, 6.07) is 10.0. The van der Waals surface area contributed by atoms with Crippen LogP contribution in [-0.4, -0.2) is 53.2 Å². The van der Waals surface area contributed by atoms with E-state index in [1.165, 1.54) is 25.7 Å². The fourth-order valence-electron chi connectivity index (χ4n) is 7.24. The lowest BCUT2D eigenvalue weighted by atomic mass is 9.73. The number of nitrogens with zero attached hydrogens (tertiary/aromatic N) is 2. The van der Waals surface area contributed by atoms with Crippen molar-refractivity contribution in [3.63, 3.8) is 0 Å². The van der Waals surface area contributed by atoms with Gasteiger partial charge in [0, 0.05) is 31.3 Å². The lowest BCUT2D eigenvalue weighted by Crippen LogP contribution is -2.64. The van der Waals surface area contributed by atoms with Crippen molar-refractivity contribution in [1.29, 1.82) is 0 Å². The van der Waals surface area contributed by atoms with E-state index in [1.807, 2.05) is 36.5 Å². The second-order valence-corrected chi connectivity index (χ2v) is 11.5. The molecule has 7 rings (SSSR count). The van der Waals surface area contributed by atoms with Crippen molar-refractivity contribution < 1.29 is 23.5 Å². The summed E-state index contributed by atoms with van der Waals surface area (Å²) in [6.45, 7) is 5.00. The molecule has 1 unspecified atom stereocenters. The molecule has 1 aliphatic carbocycles. The van der Waals surface area contributed by atoms with E-state index < -0.39 is 5.60 Å². The summed E-state index contributed by atoms with van der Waals surface area (Å²) >= 11 is 0. The van der Waals surface area contributed by atoms with Crippen LogP contribution in [-0.2, 0) is 21.6 Å². The molecule has 35 heavy (non-hydrogen) atoms. The van der Waals surface area contributed by atoms with Crippen LogP contribution in [0.15, 0.2) is 40.9 Å². The van der Waals surface area contributed by atoms with Crippen LogP contribution < -0.4 is 0 Å². The van der Waals surface area contributed by atoms with Crippen molar-refractivity contribution in [2.75, 3.05) is 26.2 Å². The average molecular weight is 482 g/mol. The standard InChI is InChI=1S/C29H41N2O4/c32-29(23-9-3-1-4-10-23,24-11-5-2-6-12-24)28-30-19-25(34-28)20-31-16-14-22(15-17-31)26(21-31)35-27-13-7-8-18-33-27/h1,3-4,9-10,19,22,24,26-27,32H,2,5-8,11-18,20-21H2/q+1/t22?,26?,27-,29+,31?/m1/s1. The first-order valence-corrected chi connectivity index (χ1v) is 14.0. The maximum absolute atomic E-state index is 12.2. The number of ether oxygens (including phenoxy) is 2. The van der Waals surface area contributed by atoms with Gasteiger partial charge in [-0.25, -0.2) is 4.98 Å². The van der Waals surface area contributed by atoms with Crippen molar-refractivity contribution >= 4 is 0 Å². The minimum absolute atomic E-state index is 0.0254. The average Bonchev–Trinajstić information content (AvgIpc) is 3.39. The van der Waals surface area contributed by atoms with Crippen molar-refractivity contribution in [1.82, 2.24) is 4.98 Å². The topological polar surface area (TPSA) is 64.7 Å². The van der Waals surface area contributed by atoms with E-state index in [0.717, 1.165) is 87.1 Å². The summed E-state index contributed by atoms with van der Waals surface area (Å²) in [6.07, 6.45) is 13.5. The molecular weight excluding hydrogens is 440 g/mol. The third-order valence-corrected chi connectivity index (χ3v) is 9.29. The van der Waals surface area contributed by atoms with Crippen LogP contribution in [0.25, 0.3) is 0 Å². The molecule has 1 saturated carbocycles. The van der Waals surface area contributed by atoms with E-state index in [1.54, 1.807) is 0 Å². The Morgan fingerprint density at radius 1 is 0.971 bits per heavy atom. The summed E-state index contributed by atoms with van der Waals surface area (Å²) in [7, 11) is 0. The highest BCUT2D eigenvalue weighted by Crippen LogP contribution is 2.44. The van der Waals surface area contributed by atoms with Crippen LogP contribution >= 0.6 is 0 Å². The molecule has 6 nitrogen and oxygen atoms in total. The van der Waals surface area contributed by atoms with E-state index in [9.17, 15) is 5.11 Å². The van der Waals surface area contributed by atoms with E-state index in [-0.39, 0.29) is 18.3 Å². The largest absolute Gasteiger partial charge is 0.436 e. The Morgan fingerprint density at radius 2 is 1.74 bits per heavy atom. The zero-order valence-corrected chi connectivity index (χ0v) is 20.9. The monoisotopic (exact) mass is 481 g/mol. The number of oxazole rings is 1. The zero-order valence-electron chi connectivity index (χ0n) is 20.9. The first-order valence-electron chi connectivity index (χ1n) is 14.0. The third-order valence-electron chi connectivity index (χ3n) is 9.29. The molecule has 6 heteroatoms. The van der Waals surface area contributed by atoms with Crippen molar-refractivity contribution in [3.05, 3.63) is 53.7 Å². The van der Waals surface area contributed by atoms with Gasteiger partial charge in [0.2, 0.25) is 5.89 Å². The van der Waals surface area contributed by atoms with Gasteiger partial charge in [0.1, 0.15) is 19.2 Å². The number of quaternary nitrogens is 1. The fraction of sp³-hybridized carbons (Fsp3) is 0.690. The minimum atomic E-state index is -1.17. The zero-order chi connectivity index (χ0) is 23.7. The molecule has 4 aliphatic heterocycles. The molecule has 0 spiro atoms. The van der Waals surface area contributed by atoms with Gasteiger partial charge in [0.15, 0.2) is 17.7 Å². The molecule has 1 aromatic heterocycles. The van der Waals surface area contributed by atoms with Crippen LogP contribution in [0.3, 0.4) is 0 Å². The predicted molar refractivity (Wildman–Crippen MR) is 132 cm³/mol. The van der Waals surface area contributed by atoms with Crippen LogP contribution in [0.4, 0.5) is 0 Å². The van der Waals surface area contributed by atoms with Gasteiger partial charge in [-0.3, -0.25) is 0 Å². The summed E-state index contributed by atoms with van der Waals surface area (Å²) in [5.41, 5.74) is -0.272. The molecule has 5 heterocycles. The van der Waals surface area contributed by atoms with Crippen molar-refractivity contribution in [2.45, 2.75) is 88.7 Å². The number of rotatable bonds is 7. The van der Waals surface area contributed by atoms with Gasteiger partial charge in [0.05, 0.1) is 19.3 Å². The molecule has 4 saturated heterocycles. The third kappa shape index (κ3) is 4.71. The summed E-state index contributed by atoms with van der Waals surface area (Å²) in [5.74, 6) is 2.15. The summed E-state index contributed by atoms with van der Waals surface area (Å²) < 4.78 is 19.8. The Kier molecular flexibility index (Phi) is 6.74. The number of aromatic nitrogens is 1. The first-order chi connectivity index (χ1) is 17.1. The lowest BCUT2D eigenvalue weighted by Gasteiger charge is -2.52. The molecular formula is C29H41N2O4+. The maximum Gasteiger partial charge on any atom is 0.231 e. The Hall–Kier alpha value is -1.73. The number of fused-ring (bicyclic) bond motifs is 3. The first kappa shape index (κ1) is 23.7. The SMILES string of the molecule is O[C@](c1ccccc1)(c1ncc(C[N+]23CCC(CC2)C(O[C@@H]2CCCCO2)C3)o1)C1CCCCC1. The van der Waals surface area contributed by atoms with Gasteiger partial charge in [-0.1, -0.05) is 49.6 Å². The highest BCUT2D eigenvalue weighted by molar-refractivity contribution is 5.30. The van der Waals surface area contributed by atoms with Crippen LogP contribution in [0.5, 0.6) is 0 Å². The fourth-order valence-corrected chi connectivity index (χ4v) is 7.24. The molecule has 5 fully saturated rings. The molecule has 1 aromatic carbocycles. The van der Waals surface area contributed by atoms with Gasteiger partial charge < -0.3 is 23.5 Å². The summed E-state index contributed by atoms with van der Waals surface area (Å²) in [5, 5.41) is 12.2. The molecule has 190 valence electrons. The highest BCUT2D eigenvalue weighted by Gasteiger charge is 2.49. The normalized spacial score (nSPS) is 33.5. The van der Waals surface area contributed by atoms with Gasteiger partial charge in [-0.15, -0.1) is 0 Å². The number of piperidine rings is 3. The smallest absolute Gasteiger partial charge is 0.231 e. The Bertz CT molecular complexity index is 958. The molecule has 3 atom stereocenters. The Labute approximate surface area is 209 Å². The van der Waals surface area contributed by atoms with Gasteiger partial charge in [0.25, 0.3) is 0 Å². The number of hydrogen-bond acceptors (Lipinski definition) is 5. The lowest BCUT2D eigenvalue weighted by molar-refractivity contribution is -0.959. The quantitative estimate of drug-likeness (QED) is 0.555. The molecule has 0 radical (unpaired) electrons. The molecule has 2 bridgehead atoms. The predicted octanol–water partition coefficient (Wildman–Crippen LogP) is 5.14. The van der Waals surface area contributed by atoms with Crippen LogP contribution in [0.2, 0.25) is 0 Å². The Morgan fingerprint density at radius 3 is 2.49 bits per heavy atom. The van der Waals surface area contributed by atoms with Gasteiger partial charge >= 0.3 is 0 Å². The van der Waals surface area contributed by atoms with Gasteiger partial charge in [-0.2, -0.15) is 0 Å². The number of hydrogen-bond donors (Lipinski definition) is 1. The second kappa shape index (κ2) is 9.97. The Balaban J connectivity index is 1.21. The minimum Gasteiger partial charge on any atom is -0.436 e. The second-order valence-electron chi connectivity index (χ2n) is 11.5. The van der Waals surface area contributed by atoms with E-state index in [0.29, 0.717) is 11.8 Å². The van der Waals surface area contributed by atoms with E-state index >= 15 is 0 Å². The van der Waals surface area contributed by atoms with Crippen molar-refractivity contribution in [3.8, 4) is 0 Å². The molecule has 1 N–H and O–H groups in total. The number of benzene rings is 1. The molecule has 0 amide bonds. The maximum atomic E-state index is 12.2. The number of aliphatic hydroxyl groups is 1. The van der Waals surface area contributed by atoms with Crippen LogP contribution in [0, 0.1) is 11.8 Å². The van der Waals surface area contributed by atoms with E-state index in [2.05, 4.69) is 0 Å². The molecule has 2 aromatic rings. The van der Waals surface area contributed by atoms with Crippen LogP contribution in [0.1, 0.15) is 81.4 Å². The highest BCUT2D eigenvalue weighted by atomic mass is 16.7. The summed E-state index contributed by atoms with van der Waals surface area (Å²) in [4.78, 5) is 4.72. The van der Waals surface area contributed by atoms with Crippen molar-refractivity contribution in [2.24, 2.45) is 11.8 Å². The molecule has 5 aliphatic rings. The van der Waals surface area contributed by atoms with E-state index in [4.69, 9.17) is 18.9 Å². The van der Waals surface area contributed by atoms with Gasteiger partial charge in [-0.05, 0) is 37.7 Å².